The summed E-state index contributed by atoms with van der Waals surface area (Å²) in [5.41, 5.74) is 9.03. The van der Waals surface area contributed by atoms with Gasteiger partial charge in [-0.25, -0.2) is 19.2 Å². The monoisotopic (exact) mass is 1370 g/mol. The molecule has 0 saturated heterocycles. The first kappa shape index (κ1) is 74.6. The van der Waals surface area contributed by atoms with Gasteiger partial charge >= 0.3 is 23.9 Å². The van der Waals surface area contributed by atoms with Crippen LogP contribution in [0.15, 0.2) is 71.8 Å². The molecule has 0 unspecified atom stereocenters. The molecule has 4 aromatic rings. The quantitative estimate of drug-likeness (QED) is 0.0273. The van der Waals surface area contributed by atoms with Gasteiger partial charge in [-0.2, -0.15) is 0 Å². The SMILES string of the molecule is CCCCCc1cc(OC(=O)C(=O)Oc2cc(CCCCC)cc3c2[C@@H]2C[C@@H](C)CC[C@H]2C(C)(C)O3)c2c(c1)OC(C)(C)[C@@H]1CCC(C)=C[C@@H]21.CCCCCc1cc(OC(=O)C(=O)Oc2cc(CCCCC)cc3c2[C@@H]2C[C@H](C)CC[C@H]2C(C)(C)O3)c2c(c1)OC(C)(C)[C@@H]1CCC(C)=C[C@@H]21. The van der Waals surface area contributed by atoms with E-state index in [1.807, 2.05) is 24.3 Å². The molecule has 0 amide bonds. The minimum absolute atomic E-state index is 0.0311. The molecule has 8 aliphatic rings. The first-order chi connectivity index (χ1) is 47.6. The largest absolute Gasteiger partial charge is 0.487 e. The summed E-state index contributed by atoms with van der Waals surface area (Å²) >= 11 is 0. The summed E-state index contributed by atoms with van der Waals surface area (Å²) in [5, 5.41) is 0. The first-order valence-corrected chi connectivity index (χ1v) is 39.3. The van der Waals surface area contributed by atoms with Crippen LogP contribution in [0.4, 0.5) is 0 Å². The zero-order valence-electron chi connectivity index (χ0n) is 63.8. The third kappa shape index (κ3) is 16.4. The van der Waals surface area contributed by atoms with E-state index in [9.17, 15) is 19.2 Å². The van der Waals surface area contributed by atoms with Crippen molar-refractivity contribution in [1.82, 2.24) is 0 Å². The van der Waals surface area contributed by atoms with Crippen molar-refractivity contribution in [3.8, 4) is 46.0 Å². The summed E-state index contributed by atoms with van der Waals surface area (Å²) in [5.74, 6) is 3.36. The maximum Gasteiger partial charge on any atom is 0.423 e. The molecule has 2 fully saturated rings. The molecule has 4 aliphatic heterocycles. The summed E-state index contributed by atoms with van der Waals surface area (Å²) in [4.78, 5) is 55.4. The smallest absolute Gasteiger partial charge is 0.423 e. The van der Waals surface area contributed by atoms with Crippen LogP contribution in [0.3, 0.4) is 0 Å². The number of benzene rings is 4. The van der Waals surface area contributed by atoms with Gasteiger partial charge in [-0.05, 0) is 266 Å². The van der Waals surface area contributed by atoms with Gasteiger partial charge in [0, 0.05) is 57.8 Å². The van der Waals surface area contributed by atoms with Gasteiger partial charge in [0.25, 0.3) is 0 Å². The van der Waals surface area contributed by atoms with Gasteiger partial charge in [0.15, 0.2) is 0 Å². The number of hydrogen-bond donors (Lipinski definition) is 0. The summed E-state index contributed by atoms with van der Waals surface area (Å²) < 4.78 is 51.3. The van der Waals surface area contributed by atoms with Gasteiger partial charge < -0.3 is 37.9 Å². The Balaban J connectivity index is 0.000000202. The molecule has 100 heavy (non-hydrogen) atoms. The van der Waals surface area contributed by atoms with Crippen LogP contribution in [-0.2, 0) is 44.9 Å². The number of rotatable bonds is 20. The minimum Gasteiger partial charge on any atom is -0.487 e. The van der Waals surface area contributed by atoms with Crippen LogP contribution in [0.1, 0.15) is 320 Å². The summed E-state index contributed by atoms with van der Waals surface area (Å²) in [6, 6.07) is 16.4. The van der Waals surface area contributed by atoms with Crippen molar-refractivity contribution in [3.05, 3.63) is 116 Å². The van der Waals surface area contributed by atoms with Gasteiger partial charge in [0.2, 0.25) is 0 Å². The highest BCUT2D eigenvalue weighted by atomic mass is 16.6. The Labute approximate surface area is 599 Å². The number of carbonyl (C=O) groups is 4. The lowest BCUT2D eigenvalue weighted by Gasteiger charge is -2.49. The second-order valence-electron chi connectivity index (χ2n) is 33.9. The Bertz CT molecular complexity index is 3470. The zero-order chi connectivity index (χ0) is 71.6. The molecule has 4 aliphatic carbocycles. The van der Waals surface area contributed by atoms with Crippen LogP contribution in [-0.4, -0.2) is 46.3 Å². The highest BCUT2D eigenvalue weighted by Crippen LogP contribution is 2.60. The van der Waals surface area contributed by atoms with E-state index in [0.717, 1.165) is 234 Å². The molecule has 10 atom stereocenters. The Hall–Kier alpha value is -6.56. The standard InChI is InChI=1S/2C44H60O6/c2*1-9-11-13-15-29-23-35(39-31-21-27(3)17-19-33(31)43(5,6)49-37(39)25-29)47-41(45)42(46)48-36-24-30(16-14-12-10-2)26-38-40(36)32-22-28(4)18-20-34(32)44(7,8)50-38/h2*21,23-26,28,31-34H,9-20,22H2,1-8H3/t28-,31+,32+,33+,34+;28-,31-,32-,33-,34-/m01/s1. The third-order valence-corrected chi connectivity index (χ3v) is 24.3. The fraction of sp³-hybridized carbons (Fsp3) is 0.636. The third-order valence-electron chi connectivity index (χ3n) is 24.3. The lowest BCUT2D eigenvalue weighted by molar-refractivity contribution is -0.156. The predicted molar refractivity (Wildman–Crippen MR) is 397 cm³/mol. The Morgan fingerprint density at radius 3 is 0.930 bits per heavy atom. The van der Waals surface area contributed by atoms with E-state index in [-0.39, 0.29) is 57.9 Å². The molecule has 4 heterocycles. The Kier molecular flexibility index (Phi) is 23.3. The molecule has 12 heteroatoms. The molecule has 0 bridgehead atoms. The van der Waals surface area contributed by atoms with Crippen LogP contribution in [0.25, 0.3) is 0 Å². The molecule has 544 valence electrons. The van der Waals surface area contributed by atoms with Crippen molar-refractivity contribution in [3.63, 3.8) is 0 Å². The number of carbonyl (C=O) groups excluding carboxylic acids is 4. The van der Waals surface area contributed by atoms with Crippen molar-refractivity contribution in [1.29, 1.82) is 0 Å². The lowest BCUT2D eigenvalue weighted by atomic mass is 9.64. The van der Waals surface area contributed by atoms with E-state index < -0.39 is 23.9 Å². The molecule has 0 radical (unpaired) electrons. The predicted octanol–water partition coefficient (Wildman–Crippen LogP) is 21.9. The topological polar surface area (TPSA) is 142 Å². The van der Waals surface area contributed by atoms with Gasteiger partial charge in [-0.3, -0.25) is 0 Å². The van der Waals surface area contributed by atoms with Crippen LogP contribution in [0.2, 0.25) is 0 Å². The van der Waals surface area contributed by atoms with E-state index in [1.54, 1.807) is 0 Å². The van der Waals surface area contributed by atoms with Crippen LogP contribution in [0.5, 0.6) is 46.0 Å². The number of hydrogen-bond acceptors (Lipinski definition) is 12. The fourth-order valence-electron chi connectivity index (χ4n) is 18.9. The van der Waals surface area contributed by atoms with Gasteiger partial charge in [0.1, 0.15) is 68.4 Å². The Morgan fingerprint density at radius 2 is 0.640 bits per heavy atom. The highest BCUT2D eigenvalue weighted by Gasteiger charge is 2.52. The molecule has 2 saturated carbocycles. The van der Waals surface area contributed by atoms with Crippen LogP contribution >= 0.6 is 0 Å². The van der Waals surface area contributed by atoms with Crippen molar-refractivity contribution in [2.24, 2.45) is 35.5 Å². The van der Waals surface area contributed by atoms with Gasteiger partial charge in [0.05, 0.1) is 0 Å². The van der Waals surface area contributed by atoms with Gasteiger partial charge in [-0.1, -0.05) is 129 Å². The molecule has 0 spiro atoms. The van der Waals surface area contributed by atoms with E-state index >= 15 is 0 Å². The maximum atomic E-state index is 13.8. The molecular weight excluding hydrogens is 1250 g/mol. The molecule has 12 rings (SSSR count). The maximum absolute atomic E-state index is 13.8. The summed E-state index contributed by atoms with van der Waals surface area (Å²) in [6.07, 6.45) is 31.5. The number of ether oxygens (including phenoxy) is 8. The molecule has 0 N–H and O–H groups in total. The molecule has 12 nitrogen and oxygen atoms in total. The number of esters is 4. The second-order valence-corrected chi connectivity index (χ2v) is 33.9. The number of aryl methyl sites for hydroxylation is 4. The number of unbranched alkanes of at least 4 members (excludes halogenated alkanes) is 8. The van der Waals surface area contributed by atoms with Gasteiger partial charge in [-0.15, -0.1) is 0 Å². The van der Waals surface area contributed by atoms with E-state index in [4.69, 9.17) is 37.9 Å². The lowest BCUT2D eigenvalue weighted by Crippen LogP contribution is -2.47. The second kappa shape index (κ2) is 31.2. The minimum atomic E-state index is -1.01. The number of fused-ring (bicyclic) bond motifs is 12. The average molecular weight is 1370 g/mol. The van der Waals surface area contributed by atoms with E-state index in [2.05, 4.69) is 147 Å². The normalized spacial score (nSPS) is 25.8. The Morgan fingerprint density at radius 1 is 0.370 bits per heavy atom. The highest BCUT2D eigenvalue weighted by molar-refractivity contribution is 6.31. The molecule has 4 aromatic carbocycles. The van der Waals surface area contributed by atoms with E-state index in [0.29, 0.717) is 46.7 Å². The summed E-state index contributed by atoms with van der Waals surface area (Å²) in [6.45, 7) is 35.1. The molecular formula is C88H120O12. The molecule has 0 aromatic heterocycles. The van der Waals surface area contributed by atoms with Crippen molar-refractivity contribution in [2.45, 2.75) is 324 Å². The average Bonchev–Trinajstić information content (AvgIpc) is 0.762. The fourth-order valence-corrected chi connectivity index (χ4v) is 18.9. The first-order valence-electron chi connectivity index (χ1n) is 39.3. The van der Waals surface area contributed by atoms with Crippen LogP contribution < -0.4 is 37.9 Å². The number of allylic oxidation sites excluding steroid dienone is 4. The van der Waals surface area contributed by atoms with Crippen LogP contribution in [0, 0.1) is 35.5 Å². The van der Waals surface area contributed by atoms with Crippen molar-refractivity contribution in [2.75, 3.05) is 0 Å². The zero-order valence-corrected chi connectivity index (χ0v) is 63.8. The van der Waals surface area contributed by atoms with Crippen molar-refractivity contribution >= 4 is 23.9 Å². The van der Waals surface area contributed by atoms with E-state index in [1.165, 1.54) is 11.1 Å². The van der Waals surface area contributed by atoms with Crippen molar-refractivity contribution < 1.29 is 57.1 Å². The summed E-state index contributed by atoms with van der Waals surface area (Å²) in [7, 11) is 0.